The van der Waals surface area contributed by atoms with Crippen LogP contribution in [0.5, 0.6) is 0 Å². The Balaban J connectivity index is 1.67. The van der Waals surface area contributed by atoms with E-state index < -0.39 is 0 Å². The molecule has 2 saturated heterocycles. The molecule has 23 heavy (non-hydrogen) atoms. The first kappa shape index (κ1) is 14.8. The number of nitrogens with zero attached hydrogens (tertiary/aromatic N) is 2. The second-order valence-electron chi connectivity index (χ2n) is 7.02. The van der Waals surface area contributed by atoms with Crippen LogP contribution in [0.2, 0.25) is 0 Å². The molecule has 3 heterocycles. The molecule has 0 radical (unpaired) electrons. The fourth-order valence-corrected chi connectivity index (χ4v) is 4.04. The summed E-state index contributed by atoms with van der Waals surface area (Å²) in [5.74, 6) is 0.586. The molecule has 122 valence electrons. The highest BCUT2D eigenvalue weighted by atomic mass is 16.3. The van der Waals surface area contributed by atoms with Gasteiger partial charge in [0.1, 0.15) is 5.58 Å². The van der Waals surface area contributed by atoms with E-state index in [1.807, 2.05) is 11.8 Å². The molecule has 1 unspecified atom stereocenters. The van der Waals surface area contributed by atoms with E-state index >= 15 is 0 Å². The van der Waals surface area contributed by atoms with E-state index in [0.29, 0.717) is 11.8 Å². The smallest absolute Gasteiger partial charge is 0.289 e. The van der Waals surface area contributed by atoms with Gasteiger partial charge in [0.15, 0.2) is 5.76 Å². The number of amides is 1. The van der Waals surface area contributed by atoms with Crippen molar-refractivity contribution >= 4 is 16.9 Å². The summed E-state index contributed by atoms with van der Waals surface area (Å²) in [5, 5.41) is 1.07. The van der Waals surface area contributed by atoms with Crippen molar-refractivity contribution in [1.82, 2.24) is 9.80 Å². The minimum absolute atomic E-state index is 0.0577. The quantitative estimate of drug-likeness (QED) is 0.811. The third-order valence-corrected chi connectivity index (χ3v) is 5.69. The SMILES string of the molecule is Cc1ccc2c(C)c(C(=O)N3CCN4CCCC4C3)oc2c1C. The number of piperazine rings is 1. The maximum Gasteiger partial charge on any atom is 0.289 e. The van der Waals surface area contributed by atoms with Crippen LogP contribution >= 0.6 is 0 Å². The Morgan fingerprint density at radius 1 is 1.13 bits per heavy atom. The molecule has 1 amide bonds. The Labute approximate surface area is 137 Å². The van der Waals surface area contributed by atoms with Crippen molar-refractivity contribution in [1.29, 1.82) is 0 Å². The number of hydrogen-bond acceptors (Lipinski definition) is 3. The normalized spacial score (nSPS) is 21.9. The minimum Gasteiger partial charge on any atom is -0.450 e. The van der Waals surface area contributed by atoms with Crippen molar-refractivity contribution in [2.75, 3.05) is 26.2 Å². The van der Waals surface area contributed by atoms with Crippen LogP contribution in [0.25, 0.3) is 11.0 Å². The Kier molecular flexibility index (Phi) is 3.45. The third-order valence-electron chi connectivity index (χ3n) is 5.69. The number of rotatable bonds is 1. The monoisotopic (exact) mass is 312 g/mol. The van der Waals surface area contributed by atoms with E-state index in [0.717, 1.165) is 41.7 Å². The average Bonchev–Trinajstić information content (AvgIpc) is 3.14. The summed E-state index contributed by atoms with van der Waals surface area (Å²) in [6.07, 6.45) is 2.47. The van der Waals surface area contributed by atoms with E-state index in [2.05, 4.69) is 30.9 Å². The number of carbonyl (C=O) groups excluding carboxylic acids is 1. The predicted molar refractivity (Wildman–Crippen MR) is 90.9 cm³/mol. The summed E-state index contributed by atoms with van der Waals surface area (Å²) >= 11 is 0. The molecule has 4 rings (SSSR count). The Bertz CT molecular complexity index is 777. The maximum absolute atomic E-state index is 13.0. The van der Waals surface area contributed by atoms with Crippen LogP contribution in [0.4, 0.5) is 0 Å². The summed E-state index contributed by atoms with van der Waals surface area (Å²) < 4.78 is 6.03. The highest BCUT2D eigenvalue weighted by Gasteiger charge is 2.34. The van der Waals surface area contributed by atoms with Crippen LogP contribution in [-0.4, -0.2) is 47.9 Å². The number of hydrogen-bond donors (Lipinski definition) is 0. The lowest BCUT2D eigenvalue weighted by molar-refractivity contribution is 0.0543. The first-order chi connectivity index (χ1) is 11.1. The van der Waals surface area contributed by atoms with Crippen LogP contribution in [0.15, 0.2) is 16.5 Å². The molecule has 2 fully saturated rings. The lowest BCUT2D eigenvalue weighted by Crippen LogP contribution is -2.52. The highest BCUT2D eigenvalue weighted by molar-refractivity contribution is 5.99. The van der Waals surface area contributed by atoms with E-state index in [1.54, 1.807) is 0 Å². The first-order valence-corrected chi connectivity index (χ1v) is 8.59. The van der Waals surface area contributed by atoms with Crippen LogP contribution in [0, 0.1) is 20.8 Å². The van der Waals surface area contributed by atoms with Gasteiger partial charge in [0.05, 0.1) is 0 Å². The minimum atomic E-state index is 0.0577. The van der Waals surface area contributed by atoms with Crippen molar-refractivity contribution in [3.63, 3.8) is 0 Å². The van der Waals surface area contributed by atoms with Crippen molar-refractivity contribution in [3.05, 3.63) is 34.6 Å². The van der Waals surface area contributed by atoms with Crippen molar-refractivity contribution in [2.24, 2.45) is 0 Å². The maximum atomic E-state index is 13.0. The van der Waals surface area contributed by atoms with Crippen LogP contribution in [-0.2, 0) is 0 Å². The Morgan fingerprint density at radius 3 is 2.78 bits per heavy atom. The van der Waals surface area contributed by atoms with Gasteiger partial charge in [0.2, 0.25) is 0 Å². The third kappa shape index (κ3) is 2.27. The molecule has 2 aliphatic heterocycles. The number of fused-ring (bicyclic) bond motifs is 2. The van der Waals surface area contributed by atoms with Crippen LogP contribution in [0.3, 0.4) is 0 Å². The van der Waals surface area contributed by atoms with Gasteiger partial charge in [0.25, 0.3) is 5.91 Å². The molecule has 4 nitrogen and oxygen atoms in total. The van der Waals surface area contributed by atoms with Crippen LogP contribution in [0.1, 0.15) is 40.1 Å². The van der Waals surface area contributed by atoms with E-state index in [-0.39, 0.29) is 5.91 Å². The standard InChI is InChI=1S/C19H24N2O2/c1-12-6-7-16-14(3)18(23-17(16)13(12)2)19(22)21-10-9-20-8-4-5-15(20)11-21/h6-7,15H,4-5,8-11H2,1-3H3. The average molecular weight is 312 g/mol. The number of furan rings is 1. The molecule has 0 aliphatic carbocycles. The van der Waals surface area contributed by atoms with Gasteiger partial charge in [-0.05, 0) is 51.3 Å². The van der Waals surface area contributed by atoms with E-state index in [1.165, 1.54) is 24.9 Å². The zero-order valence-electron chi connectivity index (χ0n) is 14.2. The van der Waals surface area contributed by atoms with Gasteiger partial charge >= 0.3 is 0 Å². The van der Waals surface area contributed by atoms with Crippen molar-refractivity contribution in [3.8, 4) is 0 Å². The summed E-state index contributed by atoms with van der Waals surface area (Å²) in [7, 11) is 0. The second-order valence-corrected chi connectivity index (χ2v) is 7.02. The fraction of sp³-hybridized carbons (Fsp3) is 0.526. The first-order valence-electron chi connectivity index (χ1n) is 8.59. The highest BCUT2D eigenvalue weighted by Crippen LogP contribution is 2.31. The molecular formula is C19H24N2O2. The number of aryl methyl sites for hydroxylation is 3. The van der Waals surface area contributed by atoms with Gasteiger partial charge in [0, 0.05) is 36.6 Å². The number of benzene rings is 1. The largest absolute Gasteiger partial charge is 0.450 e. The fourth-order valence-electron chi connectivity index (χ4n) is 4.04. The lowest BCUT2D eigenvalue weighted by atomic mass is 10.0. The topological polar surface area (TPSA) is 36.7 Å². The van der Waals surface area contributed by atoms with Gasteiger partial charge in [-0.25, -0.2) is 0 Å². The van der Waals surface area contributed by atoms with Crippen molar-refractivity contribution in [2.45, 2.75) is 39.7 Å². The molecule has 0 N–H and O–H groups in total. The van der Waals surface area contributed by atoms with Gasteiger partial charge in [-0.15, -0.1) is 0 Å². The van der Waals surface area contributed by atoms with Crippen molar-refractivity contribution < 1.29 is 9.21 Å². The number of carbonyl (C=O) groups is 1. The predicted octanol–water partition coefficient (Wildman–Crippen LogP) is 3.28. The summed E-state index contributed by atoms with van der Waals surface area (Å²) in [4.78, 5) is 17.5. The molecule has 2 aromatic rings. The molecule has 2 aliphatic rings. The van der Waals surface area contributed by atoms with Gasteiger partial charge in [-0.1, -0.05) is 12.1 Å². The van der Waals surface area contributed by atoms with Gasteiger partial charge < -0.3 is 9.32 Å². The molecule has 0 spiro atoms. The van der Waals surface area contributed by atoms with Crippen LogP contribution < -0.4 is 0 Å². The summed E-state index contributed by atoms with van der Waals surface area (Å²) in [5.41, 5.74) is 4.17. The zero-order valence-corrected chi connectivity index (χ0v) is 14.2. The Morgan fingerprint density at radius 2 is 1.96 bits per heavy atom. The Hall–Kier alpha value is -1.81. The zero-order chi connectivity index (χ0) is 16.1. The molecule has 0 bridgehead atoms. The van der Waals surface area contributed by atoms with E-state index in [9.17, 15) is 4.79 Å². The molecule has 1 aromatic heterocycles. The molecule has 1 aromatic carbocycles. The lowest BCUT2D eigenvalue weighted by Gasteiger charge is -2.37. The summed E-state index contributed by atoms with van der Waals surface area (Å²) in [6.45, 7) is 9.97. The van der Waals surface area contributed by atoms with E-state index in [4.69, 9.17) is 4.42 Å². The molecule has 4 heteroatoms. The molecule has 0 saturated carbocycles. The molecule has 1 atom stereocenters. The summed E-state index contributed by atoms with van der Waals surface area (Å²) in [6, 6.07) is 4.72. The molecular weight excluding hydrogens is 288 g/mol. The van der Waals surface area contributed by atoms with Gasteiger partial charge in [-0.2, -0.15) is 0 Å². The van der Waals surface area contributed by atoms with Gasteiger partial charge in [-0.3, -0.25) is 9.69 Å². The second kappa shape index (κ2) is 5.38.